The van der Waals surface area contributed by atoms with Gasteiger partial charge in [-0.25, -0.2) is 4.98 Å². The zero-order valence-electron chi connectivity index (χ0n) is 15.3. The summed E-state index contributed by atoms with van der Waals surface area (Å²) in [6.07, 6.45) is 9.49. The SMILES string of the molecule is O=C1OC(CCN2CCN(c3cc(Cl)ccn3)CC2)CC12CCCCC2. The number of hydrogen-bond acceptors (Lipinski definition) is 5. The number of ether oxygens (including phenoxy) is 1. The summed E-state index contributed by atoms with van der Waals surface area (Å²) in [6, 6.07) is 3.74. The van der Waals surface area contributed by atoms with Gasteiger partial charge in [-0.15, -0.1) is 0 Å². The molecule has 26 heavy (non-hydrogen) atoms. The maximum atomic E-state index is 12.4. The molecule has 0 radical (unpaired) electrons. The Labute approximate surface area is 160 Å². The molecule has 5 nitrogen and oxygen atoms in total. The first-order chi connectivity index (χ1) is 12.6. The number of anilines is 1. The number of nitrogens with zero attached hydrogens (tertiary/aromatic N) is 3. The number of piperazine rings is 1. The average molecular weight is 378 g/mol. The molecule has 142 valence electrons. The van der Waals surface area contributed by atoms with Gasteiger partial charge in [0, 0.05) is 50.4 Å². The van der Waals surface area contributed by atoms with Crippen molar-refractivity contribution in [1.29, 1.82) is 0 Å². The summed E-state index contributed by atoms with van der Waals surface area (Å²) >= 11 is 6.07. The first-order valence-electron chi connectivity index (χ1n) is 9.95. The monoisotopic (exact) mass is 377 g/mol. The molecule has 0 bridgehead atoms. The maximum absolute atomic E-state index is 12.4. The molecule has 1 aliphatic carbocycles. The van der Waals surface area contributed by atoms with Crippen molar-refractivity contribution in [3.8, 4) is 0 Å². The molecule has 3 aliphatic rings. The van der Waals surface area contributed by atoms with Gasteiger partial charge in [0.05, 0.1) is 5.41 Å². The van der Waals surface area contributed by atoms with Gasteiger partial charge < -0.3 is 9.64 Å². The van der Waals surface area contributed by atoms with E-state index in [4.69, 9.17) is 16.3 Å². The highest BCUT2D eigenvalue weighted by molar-refractivity contribution is 6.30. The Morgan fingerprint density at radius 1 is 1.19 bits per heavy atom. The molecular formula is C20H28ClN3O2. The van der Waals surface area contributed by atoms with Crippen molar-refractivity contribution >= 4 is 23.4 Å². The van der Waals surface area contributed by atoms with Crippen LogP contribution in [-0.4, -0.2) is 54.7 Å². The summed E-state index contributed by atoms with van der Waals surface area (Å²) in [4.78, 5) is 21.6. The molecule has 0 N–H and O–H groups in total. The van der Waals surface area contributed by atoms with E-state index in [-0.39, 0.29) is 17.5 Å². The van der Waals surface area contributed by atoms with Gasteiger partial charge in [0.15, 0.2) is 0 Å². The summed E-state index contributed by atoms with van der Waals surface area (Å²) in [5.41, 5.74) is -0.139. The van der Waals surface area contributed by atoms with E-state index < -0.39 is 0 Å². The van der Waals surface area contributed by atoms with E-state index in [1.165, 1.54) is 19.3 Å². The summed E-state index contributed by atoms with van der Waals surface area (Å²) in [5, 5.41) is 0.733. The highest BCUT2D eigenvalue weighted by Crippen LogP contribution is 2.46. The van der Waals surface area contributed by atoms with Crippen molar-refractivity contribution in [2.45, 2.75) is 51.0 Å². The van der Waals surface area contributed by atoms with Crippen LogP contribution in [0.25, 0.3) is 0 Å². The number of carbonyl (C=O) groups excluding carboxylic acids is 1. The Bertz CT molecular complexity index is 640. The number of aromatic nitrogens is 1. The Balaban J connectivity index is 1.24. The van der Waals surface area contributed by atoms with Crippen LogP contribution in [0.3, 0.4) is 0 Å². The zero-order chi connectivity index (χ0) is 18.0. The van der Waals surface area contributed by atoms with Crippen LogP contribution in [-0.2, 0) is 9.53 Å². The first-order valence-corrected chi connectivity index (χ1v) is 10.3. The molecule has 1 aromatic rings. The van der Waals surface area contributed by atoms with E-state index >= 15 is 0 Å². The van der Waals surface area contributed by atoms with E-state index in [0.717, 1.165) is 69.2 Å². The maximum Gasteiger partial charge on any atom is 0.312 e. The number of pyridine rings is 1. The number of halogens is 1. The lowest BCUT2D eigenvalue weighted by molar-refractivity contribution is -0.150. The van der Waals surface area contributed by atoms with Crippen molar-refractivity contribution in [2.75, 3.05) is 37.6 Å². The third-order valence-electron chi connectivity index (χ3n) is 6.31. The first kappa shape index (κ1) is 18.1. The molecule has 0 aromatic carbocycles. The molecule has 3 fully saturated rings. The molecule has 2 saturated heterocycles. The average Bonchev–Trinajstić information content (AvgIpc) is 2.96. The second-order valence-corrected chi connectivity index (χ2v) is 8.46. The van der Waals surface area contributed by atoms with E-state index in [9.17, 15) is 4.79 Å². The minimum atomic E-state index is -0.139. The van der Waals surface area contributed by atoms with Crippen molar-refractivity contribution in [3.63, 3.8) is 0 Å². The van der Waals surface area contributed by atoms with Crippen LogP contribution >= 0.6 is 11.6 Å². The molecule has 1 unspecified atom stereocenters. The molecule has 2 aliphatic heterocycles. The Morgan fingerprint density at radius 3 is 2.69 bits per heavy atom. The Hall–Kier alpha value is -1.33. The molecule has 1 spiro atoms. The summed E-state index contributed by atoms with van der Waals surface area (Å²) in [5.74, 6) is 1.04. The molecule has 4 rings (SSSR count). The summed E-state index contributed by atoms with van der Waals surface area (Å²) < 4.78 is 5.75. The molecule has 1 atom stereocenters. The van der Waals surface area contributed by atoms with Crippen LogP contribution in [0.15, 0.2) is 18.3 Å². The predicted molar refractivity (Wildman–Crippen MR) is 103 cm³/mol. The predicted octanol–water partition coefficient (Wildman–Crippen LogP) is 3.51. The minimum absolute atomic E-state index is 0.0825. The van der Waals surface area contributed by atoms with Crippen LogP contribution in [0.5, 0.6) is 0 Å². The second kappa shape index (κ2) is 7.73. The smallest absolute Gasteiger partial charge is 0.312 e. The van der Waals surface area contributed by atoms with Gasteiger partial charge >= 0.3 is 5.97 Å². The van der Waals surface area contributed by atoms with Gasteiger partial charge in [-0.1, -0.05) is 30.9 Å². The molecule has 6 heteroatoms. The number of carbonyl (C=O) groups is 1. The standard InChI is InChI=1S/C20H28ClN3O2/c21-16-4-8-22-18(14-16)24-12-10-23(11-13-24)9-5-17-15-20(19(25)26-17)6-2-1-3-7-20/h4,8,14,17H,1-3,5-7,9-13,15H2. The molecule has 3 heterocycles. The van der Waals surface area contributed by atoms with Gasteiger partial charge in [-0.3, -0.25) is 9.69 Å². The van der Waals surface area contributed by atoms with Crippen LogP contribution < -0.4 is 4.90 Å². The number of cyclic esters (lactones) is 1. The van der Waals surface area contributed by atoms with Crippen LogP contribution in [0.2, 0.25) is 5.02 Å². The fraction of sp³-hybridized carbons (Fsp3) is 0.700. The molecule has 1 saturated carbocycles. The van der Waals surface area contributed by atoms with E-state index in [1.54, 1.807) is 6.20 Å². The molecule has 1 aromatic heterocycles. The van der Waals surface area contributed by atoms with E-state index in [0.29, 0.717) is 0 Å². The van der Waals surface area contributed by atoms with Crippen LogP contribution in [0.1, 0.15) is 44.9 Å². The Morgan fingerprint density at radius 2 is 1.96 bits per heavy atom. The molecule has 0 amide bonds. The van der Waals surface area contributed by atoms with Gasteiger partial charge in [-0.05, 0) is 31.4 Å². The van der Waals surface area contributed by atoms with E-state index in [2.05, 4.69) is 14.8 Å². The fourth-order valence-electron chi connectivity index (χ4n) is 4.73. The summed E-state index contributed by atoms with van der Waals surface area (Å²) in [6.45, 7) is 4.95. The van der Waals surface area contributed by atoms with Crippen molar-refractivity contribution < 1.29 is 9.53 Å². The van der Waals surface area contributed by atoms with Gasteiger partial charge in [0.2, 0.25) is 0 Å². The van der Waals surface area contributed by atoms with Crippen molar-refractivity contribution in [3.05, 3.63) is 23.4 Å². The Kier molecular flexibility index (Phi) is 5.37. The minimum Gasteiger partial charge on any atom is -0.462 e. The quantitative estimate of drug-likeness (QED) is 0.751. The zero-order valence-corrected chi connectivity index (χ0v) is 16.1. The highest BCUT2D eigenvalue weighted by Gasteiger charge is 2.48. The lowest BCUT2D eigenvalue weighted by Gasteiger charge is -2.35. The number of rotatable bonds is 4. The number of hydrogen-bond donors (Lipinski definition) is 0. The third kappa shape index (κ3) is 3.84. The van der Waals surface area contributed by atoms with Crippen LogP contribution in [0, 0.1) is 5.41 Å². The highest BCUT2D eigenvalue weighted by atomic mass is 35.5. The van der Waals surface area contributed by atoms with Gasteiger partial charge in [0.1, 0.15) is 11.9 Å². The van der Waals surface area contributed by atoms with Gasteiger partial charge in [-0.2, -0.15) is 0 Å². The van der Waals surface area contributed by atoms with Crippen molar-refractivity contribution in [1.82, 2.24) is 9.88 Å². The second-order valence-electron chi connectivity index (χ2n) is 8.02. The lowest BCUT2D eigenvalue weighted by atomic mass is 9.72. The molecular weight excluding hydrogens is 350 g/mol. The third-order valence-corrected chi connectivity index (χ3v) is 6.54. The van der Waals surface area contributed by atoms with Gasteiger partial charge in [0.25, 0.3) is 0 Å². The van der Waals surface area contributed by atoms with Crippen LogP contribution in [0.4, 0.5) is 5.82 Å². The largest absolute Gasteiger partial charge is 0.462 e. The normalized spacial score (nSPS) is 26.3. The number of esters is 1. The van der Waals surface area contributed by atoms with E-state index in [1.807, 2.05) is 12.1 Å². The fourth-order valence-corrected chi connectivity index (χ4v) is 4.88. The van der Waals surface area contributed by atoms with Crippen molar-refractivity contribution in [2.24, 2.45) is 5.41 Å². The summed E-state index contributed by atoms with van der Waals surface area (Å²) in [7, 11) is 0. The lowest BCUT2D eigenvalue weighted by Crippen LogP contribution is -2.47. The topological polar surface area (TPSA) is 45.7 Å².